The third-order valence-electron chi connectivity index (χ3n) is 7.24. The van der Waals surface area contributed by atoms with Gasteiger partial charge in [-0.15, -0.1) is 0 Å². The van der Waals surface area contributed by atoms with E-state index in [2.05, 4.69) is 74.6 Å². The van der Waals surface area contributed by atoms with E-state index in [0.29, 0.717) is 12.8 Å². The first kappa shape index (κ1) is 41.6. The molecule has 0 heterocycles. The van der Waals surface area contributed by atoms with E-state index < -0.39 is 6.10 Å². The number of hydrogen-bond donors (Lipinski definition) is 1. The highest BCUT2D eigenvalue weighted by Crippen LogP contribution is 2.10. The first-order valence-electron chi connectivity index (χ1n) is 17.8. The lowest BCUT2D eigenvalue weighted by molar-refractivity contribution is -0.152. The van der Waals surface area contributed by atoms with E-state index >= 15 is 0 Å². The van der Waals surface area contributed by atoms with E-state index in [1.165, 1.54) is 44.9 Å². The molecule has 0 rings (SSSR count). The Morgan fingerprint density at radius 2 is 0.864 bits per heavy atom. The molecule has 0 aromatic heterocycles. The van der Waals surface area contributed by atoms with E-state index in [1.807, 2.05) is 0 Å². The summed E-state index contributed by atoms with van der Waals surface area (Å²) in [7, 11) is 0. The molecule has 0 spiro atoms. The van der Waals surface area contributed by atoms with E-state index in [9.17, 15) is 14.7 Å². The molecule has 0 fully saturated rings. The Bertz CT molecular complexity index is 792. The molecule has 0 amide bonds. The first-order chi connectivity index (χ1) is 21.6. The van der Waals surface area contributed by atoms with Crippen LogP contribution in [-0.2, 0) is 19.1 Å². The van der Waals surface area contributed by atoms with Crippen LogP contribution in [0.3, 0.4) is 0 Å². The molecule has 0 unspecified atom stereocenters. The number of carbonyl (C=O) groups is 2. The van der Waals surface area contributed by atoms with Gasteiger partial charge in [0.25, 0.3) is 0 Å². The minimum Gasteiger partial charge on any atom is -0.463 e. The van der Waals surface area contributed by atoms with Gasteiger partial charge in [-0.05, 0) is 77.0 Å². The Morgan fingerprint density at radius 3 is 1.30 bits per heavy atom. The van der Waals surface area contributed by atoms with Crippen molar-refractivity contribution in [2.45, 2.75) is 161 Å². The molecule has 5 nitrogen and oxygen atoms in total. The zero-order valence-corrected chi connectivity index (χ0v) is 28.4. The fraction of sp³-hybridized carbons (Fsp3) is 0.692. The minimum absolute atomic E-state index is 0.132. The molecular weight excluding hydrogens is 548 g/mol. The van der Waals surface area contributed by atoms with Gasteiger partial charge in [-0.25, -0.2) is 0 Å². The lowest BCUT2D eigenvalue weighted by Crippen LogP contribution is -2.25. The van der Waals surface area contributed by atoms with E-state index in [0.717, 1.165) is 83.5 Å². The Hall–Kier alpha value is -2.40. The summed E-state index contributed by atoms with van der Waals surface area (Å²) in [6.07, 6.45) is 44.1. The summed E-state index contributed by atoms with van der Waals surface area (Å²) in [5, 5.41) is 9.98. The quantitative estimate of drug-likeness (QED) is 0.0478. The highest BCUT2D eigenvalue weighted by Gasteiger charge is 2.12. The van der Waals surface area contributed by atoms with Crippen molar-refractivity contribution in [3.8, 4) is 0 Å². The van der Waals surface area contributed by atoms with Gasteiger partial charge in [-0.3, -0.25) is 9.59 Å². The van der Waals surface area contributed by atoms with Gasteiger partial charge in [0.15, 0.2) is 0 Å². The molecule has 44 heavy (non-hydrogen) atoms. The van der Waals surface area contributed by atoms with Gasteiger partial charge in [0.1, 0.15) is 19.3 Å². The van der Waals surface area contributed by atoms with E-state index in [1.54, 1.807) is 0 Å². The third kappa shape index (κ3) is 34.1. The number of hydrogen-bond acceptors (Lipinski definition) is 5. The number of aliphatic hydroxyl groups is 1. The molecule has 0 aliphatic carbocycles. The van der Waals surface area contributed by atoms with Crippen molar-refractivity contribution in [3.63, 3.8) is 0 Å². The fourth-order valence-electron chi connectivity index (χ4n) is 4.54. The maximum Gasteiger partial charge on any atom is 0.305 e. The van der Waals surface area contributed by atoms with Crippen molar-refractivity contribution in [2.24, 2.45) is 0 Å². The predicted octanol–water partition coefficient (Wildman–Crippen LogP) is 10.8. The van der Waals surface area contributed by atoms with Crippen LogP contribution in [0.2, 0.25) is 0 Å². The van der Waals surface area contributed by atoms with Crippen LogP contribution in [0, 0.1) is 0 Å². The first-order valence-corrected chi connectivity index (χ1v) is 17.8. The summed E-state index contributed by atoms with van der Waals surface area (Å²) in [4.78, 5) is 23.8. The molecule has 252 valence electrons. The summed E-state index contributed by atoms with van der Waals surface area (Å²) < 4.78 is 10.3. The van der Waals surface area contributed by atoms with Crippen molar-refractivity contribution < 1.29 is 24.2 Å². The molecule has 1 atom stereocenters. The van der Waals surface area contributed by atoms with Crippen LogP contribution in [-0.4, -0.2) is 36.4 Å². The van der Waals surface area contributed by atoms with Crippen molar-refractivity contribution in [3.05, 3.63) is 60.8 Å². The molecule has 0 aliphatic rings. The molecule has 5 heteroatoms. The number of esters is 2. The minimum atomic E-state index is -0.978. The average Bonchev–Trinajstić information content (AvgIpc) is 3.02. The molecule has 0 saturated carbocycles. The van der Waals surface area contributed by atoms with Crippen LogP contribution in [0.5, 0.6) is 0 Å². The Kier molecular flexibility index (Phi) is 33.2. The summed E-state index contributed by atoms with van der Waals surface area (Å²) in [6.45, 7) is 4.12. The second-order valence-corrected chi connectivity index (χ2v) is 11.6. The van der Waals surface area contributed by atoms with Crippen LogP contribution >= 0.6 is 0 Å². The summed E-state index contributed by atoms with van der Waals surface area (Å²) in [5.74, 6) is -0.606. The smallest absolute Gasteiger partial charge is 0.305 e. The van der Waals surface area contributed by atoms with Gasteiger partial charge in [0.2, 0.25) is 0 Å². The summed E-state index contributed by atoms with van der Waals surface area (Å²) >= 11 is 0. The predicted molar refractivity (Wildman–Crippen MR) is 187 cm³/mol. The lowest BCUT2D eigenvalue weighted by atomic mass is 10.1. The van der Waals surface area contributed by atoms with Crippen LogP contribution in [0.25, 0.3) is 0 Å². The maximum absolute atomic E-state index is 11.9. The normalized spacial score (nSPS) is 12.9. The van der Waals surface area contributed by atoms with E-state index in [-0.39, 0.29) is 25.2 Å². The number of allylic oxidation sites excluding steroid dienone is 10. The number of unbranched alkanes of at least 4 members (excludes halogenated alkanes) is 13. The van der Waals surface area contributed by atoms with Crippen molar-refractivity contribution >= 4 is 11.9 Å². The zero-order valence-electron chi connectivity index (χ0n) is 28.4. The standard InChI is InChI=1S/C39H66O5/c1-3-5-7-9-11-13-15-17-19-21-23-25-27-29-31-33-38(41)43-35-37(40)36-44-39(42)34-32-30-28-26-24-22-20-18-16-14-12-10-8-6-4-2/h5,7,11-14,17-20,37,40H,3-4,6,8-10,15-16,21-36H2,1-2H3/b7-5-,13-11-,14-12-,19-17-,20-18-/t37-/m1/s1. The zero-order chi connectivity index (χ0) is 32.2. The highest BCUT2D eigenvalue weighted by atomic mass is 16.6. The molecule has 1 N–H and O–H groups in total. The van der Waals surface area contributed by atoms with Gasteiger partial charge >= 0.3 is 11.9 Å². The fourth-order valence-corrected chi connectivity index (χ4v) is 4.54. The van der Waals surface area contributed by atoms with Gasteiger partial charge in [0.05, 0.1) is 0 Å². The topological polar surface area (TPSA) is 72.8 Å². The Labute approximate surface area is 271 Å². The van der Waals surface area contributed by atoms with Crippen molar-refractivity contribution in [2.75, 3.05) is 13.2 Å². The lowest BCUT2D eigenvalue weighted by Gasteiger charge is -2.12. The molecule has 0 saturated heterocycles. The van der Waals surface area contributed by atoms with Gasteiger partial charge in [0, 0.05) is 12.8 Å². The Morgan fingerprint density at radius 1 is 0.500 bits per heavy atom. The molecular formula is C39H66O5. The second-order valence-electron chi connectivity index (χ2n) is 11.6. The second kappa shape index (κ2) is 35.1. The van der Waals surface area contributed by atoms with E-state index in [4.69, 9.17) is 9.47 Å². The van der Waals surface area contributed by atoms with Crippen LogP contribution in [0.4, 0.5) is 0 Å². The number of aliphatic hydroxyl groups excluding tert-OH is 1. The van der Waals surface area contributed by atoms with Gasteiger partial charge in [-0.2, -0.15) is 0 Å². The van der Waals surface area contributed by atoms with Crippen LogP contribution in [0.1, 0.15) is 155 Å². The monoisotopic (exact) mass is 614 g/mol. The molecule has 0 bridgehead atoms. The molecule has 0 aliphatic heterocycles. The number of rotatable bonds is 31. The molecule has 0 aromatic carbocycles. The average molecular weight is 615 g/mol. The molecule has 0 aromatic rings. The largest absolute Gasteiger partial charge is 0.463 e. The third-order valence-corrected chi connectivity index (χ3v) is 7.24. The number of ether oxygens (including phenoxy) is 2. The summed E-state index contributed by atoms with van der Waals surface area (Å²) in [6, 6.07) is 0. The molecule has 0 radical (unpaired) electrons. The maximum atomic E-state index is 11.9. The Balaban J connectivity index is 3.52. The van der Waals surface area contributed by atoms with Crippen molar-refractivity contribution in [1.29, 1.82) is 0 Å². The van der Waals surface area contributed by atoms with Crippen LogP contribution < -0.4 is 0 Å². The summed E-state index contributed by atoms with van der Waals surface area (Å²) in [5.41, 5.74) is 0. The van der Waals surface area contributed by atoms with Gasteiger partial charge in [-0.1, -0.05) is 126 Å². The number of carbonyl (C=O) groups excluding carboxylic acids is 2. The van der Waals surface area contributed by atoms with Crippen LogP contribution in [0.15, 0.2) is 60.8 Å². The van der Waals surface area contributed by atoms with Crippen molar-refractivity contribution in [1.82, 2.24) is 0 Å². The SMILES string of the molecule is CC/C=C\C/C=C\C/C=C\CCCCCCCC(=O)OC[C@@H](O)COC(=O)CCCCCCC/C=C\C/C=C\CCCCC. The van der Waals surface area contributed by atoms with Gasteiger partial charge < -0.3 is 14.6 Å². The highest BCUT2D eigenvalue weighted by molar-refractivity contribution is 5.69.